The Morgan fingerprint density at radius 3 is 2.26 bits per heavy atom. The summed E-state index contributed by atoms with van der Waals surface area (Å²) in [6.07, 6.45) is 1.29. The number of hydrogen-bond donors (Lipinski definition) is 3. The summed E-state index contributed by atoms with van der Waals surface area (Å²) >= 11 is 10.8. The molecule has 0 saturated heterocycles. The van der Waals surface area contributed by atoms with E-state index in [1.807, 2.05) is 13.8 Å². The van der Waals surface area contributed by atoms with E-state index in [0.29, 0.717) is 28.5 Å². The van der Waals surface area contributed by atoms with Crippen molar-refractivity contribution >= 4 is 40.5 Å². The number of carbonyl (C=O) groups is 1. The van der Waals surface area contributed by atoms with Gasteiger partial charge in [-0.05, 0) is 37.1 Å². The quantitative estimate of drug-likeness (QED) is 0.731. The van der Waals surface area contributed by atoms with Gasteiger partial charge in [0, 0.05) is 10.7 Å². The molecule has 4 N–H and O–H groups in total. The van der Waals surface area contributed by atoms with Gasteiger partial charge in [-0.15, -0.1) is 0 Å². The van der Waals surface area contributed by atoms with E-state index in [4.69, 9.17) is 29.6 Å². The highest BCUT2D eigenvalue weighted by Crippen LogP contribution is 2.17. The smallest absolute Gasteiger partial charge is 0.320 e. The minimum Gasteiger partial charge on any atom is -0.391 e. The molecule has 0 saturated carbocycles. The molecule has 0 fully saturated rings. The van der Waals surface area contributed by atoms with Crippen molar-refractivity contribution in [3.05, 3.63) is 29.3 Å². The molecule has 0 bridgehead atoms. The molecule has 0 unspecified atom stereocenters. The number of rotatable bonds is 5. The molecule has 0 aliphatic carbocycles. The summed E-state index contributed by atoms with van der Waals surface area (Å²) in [6.45, 7) is 3.87. The normalized spacial score (nSPS) is 10.9. The first-order valence-corrected chi connectivity index (χ1v) is 6.86. The summed E-state index contributed by atoms with van der Waals surface area (Å²) in [5.41, 5.74) is 5.74. The second-order valence-electron chi connectivity index (χ2n) is 4.24. The first-order valence-electron chi connectivity index (χ1n) is 6.08. The van der Waals surface area contributed by atoms with Crippen LogP contribution in [-0.2, 0) is 0 Å². The van der Waals surface area contributed by atoms with Crippen LogP contribution in [0, 0.1) is 0 Å². The number of nitrogens with two attached hydrogens (primary N) is 1. The Hall–Kier alpha value is -1.33. The Balaban J connectivity index is 2.73. The zero-order valence-corrected chi connectivity index (χ0v) is 12.6. The fourth-order valence-corrected chi connectivity index (χ4v) is 2.22. The molecule has 1 aromatic rings. The van der Waals surface area contributed by atoms with Gasteiger partial charge in [-0.3, -0.25) is 0 Å². The fraction of sp³-hybridized carbons (Fsp3) is 0.385. The van der Waals surface area contributed by atoms with Crippen LogP contribution in [0.5, 0.6) is 0 Å². The second-order valence-corrected chi connectivity index (χ2v) is 5.12. The van der Waals surface area contributed by atoms with E-state index in [1.54, 1.807) is 24.3 Å². The van der Waals surface area contributed by atoms with Gasteiger partial charge in [-0.1, -0.05) is 37.7 Å². The van der Waals surface area contributed by atoms with Crippen LogP contribution in [0.1, 0.15) is 26.7 Å². The summed E-state index contributed by atoms with van der Waals surface area (Å²) in [4.78, 5) is 12.3. The SMILES string of the molecule is CCC(CC)(NC(=O)Nc1ccc(Cl)cc1)C(N)=S. The van der Waals surface area contributed by atoms with Gasteiger partial charge >= 0.3 is 6.03 Å². The van der Waals surface area contributed by atoms with Gasteiger partial charge in [0.15, 0.2) is 0 Å². The summed E-state index contributed by atoms with van der Waals surface area (Å²) in [5.74, 6) is 0. The standard InChI is InChI=1S/C13H18ClN3OS/c1-3-13(4-2,11(15)19)17-12(18)16-10-7-5-9(14)6-8-10/h5-8H,3-4H2,1-2H3,(H2,15,19)(H2,16,17,18). The molecule has 0 atom stereocenters. The molecule has 4 nitrogen and oxygen atoms in total. The van der Waals surface area contributed by atoms with Crippen LogP contribution in [-0.4, -0.2) is 16.6 Å². The van der Waals surface area contributed by atoms with Crippen molar-refractivity contribution in [2.24, 2.45) is 5.73 Å². The van der Waals surface area contributed by atoms with Gasteiger partial charge in [0.2, 0.25) is 0 Å². The number of thiocarbonyl (C=S) groups is 1. The van der Waals surface area contributed by atoms with E-state index >= 15 is 0 Å². The van der Waals surface area contributed by atoms with Gasteiger partial charge in [-0.2, -0.15) is 0 Å². The lowest BCUT2D eigenvalue weighted by Crippen LogP contribution is -2.57. The third kappa shape index (κ3) is 4.08. The number of amides is 2. The van der Waals surface area contributed by atoms with Crippen LogP contribution in [0.2, 0.25) is 5.02 Å². The van der Waals surface area contributed by atoms with Gasteiger partial charge in [0.1, 0.15) is 0 Å². The largest absolute Gasteiger partial charge is 0.391 e. The minimum absolute atomic E-state index is 0.295. The van der Waals surface area contributed by atoms with Crippen molar-refractivity contribution in [3.63, 3.8) is 0 Å². The molecule has 1 aromatic carbocycles. The molecule has 104 valence electrons. The Kier molecular flexibility index (Phi) is 5.57. The highest BCUT2D eigenvalue weighted by Gasteiger charge is 2.31. The minimum atomic E-state index is -0.647. The lowest BCUT2D eigenvalue weighted by molar-refractivity contribution is 0.243. The van der Waals surface area contributed by atoms with E-state index in [-0.39, 0.29) is 6.03 Å². The summed E-state index contributed by atoms with van der Waals surface area (Å²) in [5, 5.41) is 6.18. The van der Waals surface area contributed by atoms with E-state index in [9.17, 15) is 4.79 Å². The molecular formula is C13H18ClN3OS. The van der Waals surface area contributed by atoms with Gasteiger partial charge in [0.25, 0.3) is 0 Å². The number of halogens is 1. The number of anilines is 1. The molecule has 2 amide bonds. The predicted molar refractivity (Wildman–Crippen MR) is 83.7 cm³/mol. The van der Waals surface area contributed by atoms with Gasteiger partial charge in [-0.25, -0.2) is 4.79 Å². The van der Waals surface area contributed by atoms with Crippen molar-refractivity contribution in [2.75, 3.05) is 5.32 Å². The van der Waals surface area contributed by atoms with Crippen molar-refractivity contribution in [3.8, 4) is 0 Å². The summed E-state index contributed by atoms with van der Waals surface area (Å²) in [7, 11) is 0. The highest BCUT2D eigenvalue weighted by atomic mass is 35.5. The van der Waals surface area contributed by atoms with E-state index in [0.717, 1.165) is 0 Å². The molecule has 0 spiro atoms. The predicted octanol–water partition coefficient (Wildman–Crippen LogP) is 3.31. The lowest BCUT2D eigenvalue weighted by atomic mass is 9.93. The number of nitrogens with one attached hydrogen (secondary N) is 2. The third-order valence-electron chi connectivity index (χ3n) is 3.13. The Morgan fingerprint density at radius 1 is 1.32 bits per heavy atom. The average Bonchev–Trinajstić information content (AvgIpc) is 2.38. The number of urea groups is 1. The number of benzene rings is 1. The zero-order chi connectivity index (χ0) is 14.5. The van der Waals surface area contributed by atoms with Crippen LogP contribution in [0.15, 0.2) is 24.3 Å². The number of carbonyl (C=O) groups excluding carboxylic acids is 1. The van der Waals surface area contributed by atoms with Crippen LogP contribution in [0.25, 0.3) is 0 Å². The Morgan fingerprint density at radius 2 is 1.84 bits per heavy atom. The maximum atomic E-state index is 12.0. The van der Waals surface area contributed by atoms with Crippen LogP contribution in [0.4, 0.5) is 10.5 Å². The second kappa shape index (κ2) is 6.73. The number of hydrogen-bond acceptors (Lipinski definition) is 2. The molecule has 0 aromatic heterocycles. The molecule has 0 aliphatic rings. The topological polar surface area (TPSA) is 67.2 Å². The molecule has 6 heteroatoms. The van der Waals surface area contributed by atoms with Crippen molar-refractivity contribution in [2.45, 2.75) is 32.2 Å². The maximum absolute atomic E-state index is 12.0. The average molecular weight is 300 g/mol. The molecule has 1 rings (SSSR count). The maximum Gasteiger partial charge on any atom is 0.320 e. The van der Waals surface area contributed by atoms with E-state index in [2.05, 4.69) is 10.6 Å². The van der Waals surface area contributed by atoms with Crippen molar-refractivity contribution in [1.29, 1.82) is 0 Å². The fourth-order valence-electron chi connectivity index (χ4n) is 1.75. The van der Waals surface area contributed by atoms with Crippen molar-refractivity contribution in [1.82, 2.24) is 5.32 Å². The first-order chi connectivity index (χ1) is 8.93. The van der Waals surface area contributed by atoms with Gasteiger partial charge in [0.05, 0.1) is 10.5 Å². The highest BCUT2D eigenvalue weighted by molar-refractivity contribution is 7.80. The van der Waals surface area contributed by atoms with Crippen molar-refractivity contribution < 1.29 is 4.79 Å². The third-order valence-corrected chi connectivity index (χ3v) is 3.78. The lowest BCUT2D eigenvalue weighted by Gasteiger charge is -2.31. The van der Waals surface area contributed by atoms with E-state index in [1.165, 1.54) is 0 Å². The van der Waals surface area contributed by atoms with Gasteiger partial charge < -0.3 is 16.4 Å². The molecular weight excluding hydrogens is 282 g/mol. The Bertz CT molecular complexity index is 457. The summed E-state index contributed by atoms with van der Waals surface area (Å²) in [6, 6.07) is 6.53. The molecule has 0 heterocycles. The monoisotopic (exact) mass is 299 g/mol. The van der Waals surface area contributed by atoms with E-state index < -0.39 is 5.54 Å². The first kappa shape index (κ1) is 15.7. The molecule has 0 radical (unpaired) electrons. The zero-order valence-electron chi connectivity index (χ0n) is 11.0. The van der Waals surface area contributed by atoms with Crippen LogP contribution in [0.3, 0.4) is 0 Å². The Labute approximate surface area is 123 Å². The summed E-state index contributed by atoms with van der Waals surface area (Å²) < 4.78 is 0. The van der Waals surface area contributed by atoms with Crippen LogP contribution < -0.4 is 16.4 Å². The molecule has 0 aliphatic heterocycles. The van der Waals surface area contributed by atoms with Crippen LogP contribution >= 0.6 is 23.8 Å². The molecule has 19 heavy (non-hydrogen) atoms.